The van der Waals surface area contributed by atoms with E-state index in [9.17, 15) is 13.2 Å². The zero-order valence-electron chi connectivity index (χ0n) is 16.4. The number of aryl methyl sites for hydroxylation is 2. The van der Waals surface area contributed by atoms with Gasteiger partial charge in [0.2, 0.25) is 10.0 Å². The zero-order chi connectivity index (χ0) is 20.5. The first-order chi connectivity index (χ1) is 13.2. The van der Waals surface area contributed by atoms with Crippen LogP contribution in [-0.2, 0) is 10.0 Å². The molecule has 2 aromatic rings. The predicted octanol–water partition coefficient (Wildman–Crippen LogP) is 3.15. The second-order valence-electron chi connectivity index (χ2n) is 7.43. The number of carbonyl (C=O) groups excluding carboxylic acids is 1. The number of hydrogen-bond donors (Lipinski definition) is 1. The minimum Gasteiger partial charge on any atom is -0.352 e. The van der Waals surface area contributed by atoms with Gasteiger partial charge in [-0.1, -0.05) is 11.6 Å². The molecule has 2 heterocycles. The van der Waals surface area contributed by atoms with Crippen LogP contribution in [0, 0.1) is 19.8 Å². The lowest BCUT2D eigenvalue weighted by Crippen LogP contribution is -2.41. The van der Waals surface area contributed by atoms with Crippen LogP contribution in [-0.4, -0.2) is 49.1 Å². The van der Waals surface area contributed by atoms with Gasteiger partial charge in [-0.25, -0.2) is 12.7 Å². The van der Waals surface area contributed by atoms with Crippen molar-refractivity contribution in [3.05, 3.63) is 52.3 Å². The number of rotatable bonds is 5. The maximum atomic E-state index is 12.7. The van der Waals surface area contributed by atoms with Crippen molar-refractivity contribution in [3.63, 3.8) is 0 Å². The maximum Gasteiger partial charge on any atom is 0.252 e. The molecule has 0 bridgehead atoms. The minimum atomic E-state index is -3.14. The Balaban J connectivity index is 1.66. The van der Waals surface area contributed by atoms with E-state index in [0.717, 1.165) is 29.9 Å². The molecule has 28 heavy (non-hydrogen) atoms. The highest BCUT2D eigenvalue weighted by Gasteiger charge is 2.25. The Morgan fingerprint density at radius 3 is 2.32 bits per heavy atom. The molecular weight excluding hydrogens is 398 g/mol. The van der Waals surface area contributed by atoms with Gasteiger partial charge < -0.3 is 9.88 Å². The van der Waals surface area contributed by atoms with E-state index in [2.05, 4.69) is 9.88 Å². The first-order valence-corrected chi connectivity index (χ1v) is 11.6. The van der Waals surface area contributed by atoms with Crippen LogP contribution in [0.4, 0.5) is 0 Å². The summed E-state index contributed by atoms with van der Waals surface area (Å²) in [7, 11) is -3.14. The van der Waals surface area contributed by atoms with Crippen LogP contribution in [0.1, 0.15) is 34.6 Å². The van der Waals surface area contributed by atoms with Crippen LogP contribution in [0.15, 0.2) is 30.3 Å². The Morgan fingerprint density at radius 1 is 1.14 bits per heavy atom. The SMILES string of the molecule is Cc1ccc(C)n1-c1ccc(Cl)c(C(=O)NCC2CCN(S(C)(=O)=O)CC2)c1. The predicted molar refractivity (Wildman–Crippen MR) is 112 cm³/mol. The van der Waals surface area contributed by atoms with Gasteiger partial charge in [0, 0.05) is 36.7 Å². The Hall–Kier alpha value is -1.83. The first kappa shape index (κ1) is 20.9. The summed E-state index contributed by atoms with van der Waals surface area (Å²) < 4.78 is 26.8. The smallest absolute Gasteiger partial charge is 0.252 e. The van der Waals surface area contributed by atoms with E-state index < -0.39 is 10.0 Å². The standard InChI is InChI=1S/C20H26ClN3O3S/c1-14-4-5-15(2)24(14)17-6-7-19(21)18(12-17)20(25)22-13-16-8-10-23(11-9-16)28(3,26)27/h4-7,12,16H,8-11,13H2,1-3H3,(H,22,25). The summed E-state index contributed by atoms with van der Waals surface area (Å²) in [4.78, 5) is 12.7. The molecule has 0 aliphatic carbocycles. The Morgan fingerprint density at radius 2 is 1.75 bits per heavy atom. The van der Waals surface area contributed by atoms with Crippen LogP contribution >= 0.6 is 11.6 Å². The van der Waals surface area contributed by atoms with Gasteiger partial charge >= 0.3 is 0 Å². The van der Waals surface area contributed by atoms with Crippen molar-refractivity contribution in [2.45, 2.75) is 26.7 Å². The van der Waals surface area contributed by atoms with Crippen molar-refractivity contribution in [3.8, 4) is 5.69 Å². The molecule has 1 aromatic heterocycles. The second-order valence-corrected chi connectivity index (χ2v) is 9.82. The quantitative estimate of drug-likeness (QED) is 0.802. The number of nitrogens with zero attached hydrogens (tertiary/aromatic N) is 2. The normalized spacial score (nSPS) is 16.3. The fraction of sp³-hybridized carbons (Fsp3) is 0.450. The molecule has 0 saturated carbocycles. The summed E-state index contributed by atoms with van der Waals surface area (Å²) in [5.74, 6) is 0.0534. The molecule has 1 amide bonds. The molecule has 1 aliphatic rings. The largest absolute Gasteiger partial charge is 0.352 e. The monoisotopic (exact) mass is 423 g/mol. The lowest BCUT2D eigenvalue weighted by molar-refractivity contribution is 0.0941. The number of amides is 1. The van der Waals surface area contributed by atoms with E-state index in [1.54, 1.807) is 6.07 Å². The fourth-order valence-electron chi connectivity index (χ4n) is 3.68. The van der Waals surface area contributed by atoms with Crippen molar-refractivity contribution in [1.82, 2.24) is 14.2 Å². The lowest BCUT2D eigenvalue weighted by atomic mass is 9.98. The molecule has 1 N–H and O–H groups in total. The Kier molecular flexibility index (Phi) is 6.17. The van der Waals surface area contributed by atoms with Crippen molar-refractivity contribution >= 4 is 27.5 Å². The molecule has 1 saturated heterocycles. The van der Waals surface area contributed by atoms with Gasteiger partial charge in [-0.15, -0.1) is 0 Å². The molecule has 1 aliphatic heterocycles. The van der Waals surface area contributed by atoms with Gasteiger partial charge in [0.15, 0.2) is 0 Å². The summed E-state index contributed by atoms with van der Waals surface area (Å²) in [6.45, 7) is 5.55. The average Bonchev–Trinajstić information content (AvgIpc) is 2.98. The number of halogens is 1. The number of nitrogens with one attached hydrogen (secondary N) is 1. The molecule has 8 heteroatoms. The van der Waals surface area contributed by atoms with Crippen LogP contribution < -0.4 is 5.32 Å². The van der Waals surface area contributed by atoms with Gasteiger partial charge in [0.05, 0.1) is 16.8 Å². The number of aromatic nitrogens is 1. The van der Waals surface area contributed by atoms with Crippen molar-refractivity contribution < 1.29 is 13.2 Å². The van der Waals surface area contributed by atoms with Crippen LogP contribution in [0.5, 0.6) is 0 Å². The first-order valence-electron chi connectivity index (χ1n) is 9.35. The average molecular weight is 424 g/mol. The highest BCUT2D eigenvalue weighted by Crippen LogP contribution is 2.24. The number of piperidine rings is 1. The molecule has 0 radical (unpaired) electrons. The van der Waals surface area contributed by atoms with Crippen LogP contribution in [0.3, 0.4) is 0 Å². The minimum absolute atomic E-state index is 0.208. The van der Waals surface area contributed by atoms with Gasteiger partial charge in [0.25, 0.3) is 5.91 Å². The molecule has 1 fully saturated rings. The molecule has 6 nitrogen and oxygen atoms in total. The highest BCUT2D eigenvalue weighted by atomic mass is 35.5. The van der Waals surface area contributed by atoms with Crippen molar-refractivity contribution in [1.29, 1.82) is 0 Å². The van der Waals surface area contributed by atoms with Crippen molar-refractivity contribution in [2.75, 3.05) is 25.9 Å². The molecule has 1 aromatic carbocycles. The van der Waals surface area contributed by atoms with Crippen LogP contribution in [0.2, 0.25) is 5.02 Å². The maximum absolute atomic E-state index is 12.7. The van der Waals surface area contributed by atoms with E-state index in [-0.39, 0.29) is 11.8 Å². The number of hydrogen-bond acceptors (Lipinski definition) is 3. The van der Waals surface area contributed by atoms with Crippen molar-refractivity contribution in [2.24, 2.45) is 5.92 Å². The summed E-state index contributed by atoms with van der Waals surface area (Å²) >= 11 is 6.28. The van der Waals surface area contributed by atoms with Gasteiger partial charge in [0.1, 0.15) is 0 Å². The number of carbonyl (C=O) groups is 1. The van der Waals surface area contributed by atoms with E-state index >= 15 is 0 Å². The summed E-state index contributed by atoms with van der Waals surface area (Å²) in [5.41, 5.74) is 3.52. The third-order valence-electron chi connectivity index (χ3n) is 5.32. The van der Waals surface area contributed by atoms with Gasteiger partial charge in [-0.05, 0) is 62.9 Å². The van der Waals surface area contributed by atoms with Gasteiger partial charge in [-0.2, -0.15) is 0 Å². The third-order valence-corrected chi connectivity index (χ3v) is 6.95. The highest BCUT2D eigenvalue weighted by molar-refractivity contribution is 7.88. The number of benzene rings is 1. The molecule has 3 rings (SSSR count). The Bertz CT molecular complexity index is 957. The molecular formula is C20H26ClN3O3S. The Labute approximate surface area is 171 Å². The van der Waals surface area contributed by atoms with E-state index in [4.69, 9.17) is 11.6 Å². The van der Waals surface area contributed by atoms with E-state index in [1.807, 2.05) is 38.1 Å². The summed E-state index contributed by atoms with van der Waals surface area (Å²) in [5, 5.41) is 3.38. The van der Waals surface area contributed by atoms with E-state index in [1.165, 1.54) is 10.6 Å². The van der Waals surface area contributed by atoms with Crippen LogP contribution in [0.25, 0.3) is 5.69 Å². The molecule has 152 valence electrons. The van der Waals surface area contributed by atoms with Gasteiger partial charge in [-0.3, -0.25) is 4.79 Å². The molecule has 0 unspecified atom stereocenters. The molecule has 0 atom stereocenters. The number of sulfonamides is 1. The molecule has 0 spiro atoms. The lowest BCUT2D eigenvalue weighted by Gasteiger charge is -2.30. The fourth-order valence-corrected chi connectivity index (χ4v) is 4.76. The van der Waals surface area contributed by atoms with E-state index in [0.29, 0.717) is 30.2 Å². The summed E-state index contributed by atoms with van der Waals surface area (Å²) in [6.07, 6.45) is 2.71. The topological polar surface area (TPSA) is 71.4 Å². The summed E-state index contributed by atoms with van der Waals surface area (Å²) in [6, 6.07) is 9.53. The zero-order valence-corrected chi connectivity index (χ0v) is 18.0. The second kappa shape index (κ2) is 8.27. The third kappa shape index (κ3) is 4.59.